The highest BCUT2D eigenvalue weighted by molar-refractivity contribution is 5.71. The first-order valence-corrected chi connectivity index (χ1v) is 31.8. The first-order chi connectivity index (χ1) is 35.0. The van der Waals surface area contributed by atoms with Crippen LogP contribution in [0.1, 0.15) is 355 Å². The summed E-state index contributed by atoms with van der Waals surface area (Å²) in [4.78, 5) is 38.3. The zero-order valence-corrected chi connectivity index (χ0v) is 48.0. The Labute approximate surface area is 443 Å². The van der Waals surface area contributed by atoms with Crippen LogP contribution >= 0.6 is 0 Å². The van der Waals surface area contributed by atoms with Crippen molar-refractivity contribution in [1.82, 2.24) is 0 Å². The maximum atomic E-state index is 12.9. The van der Waals surface area contributed by atoms with Crippen molar-refractivity contribution in [2.24, 2.45) is 0 Å². The normalized spacial score (nSPS) is 12.1. The van der Waals surface area contributed by atoms with E-state index in [0.717, 1.165) is 64.2 Å². The average molecular weight is 1000 g/mol. The van der Waals surface area contributed by atoms with E-state index in [4.69, 9.17) is 14.2 Å². The van der Waals surface area contributed by atoms with Gasteiger partial charge in [0.25, 0.3) is 0 Å². The predicted molar refractivity (Wildman–Crippen MR) is 307 cm³/mol. The summed E-state index contributed by atoms with van der Waals surface area (Å²) in [5.41, 5.74) is 0. The molecule has 6 nitrogen and oxygen atoms in total. The van der Waals surface area contributed by atoms with Crippen LogP contribution in [0.5, 0.6) is 0 Å². The molecule has 0 aliphatic rings. The van der Waals surface area contributed by atoms with Gasteiger partial charge in [0.05, 0.1) is 0 Å². The third kappa shape index (κ3) is 58.7. The van der Waals surface area contributed by atoms with Crippen LogP contribution in [0.3, 0.4) is 0 Å². The lowest BCUT2D eigenvalue weighted by atomic mass is 10.0. The molecule has 0 saturated heterocycles. The summed E-state index contributed by atoms with van der Waals surface area (Å²) >= 11 is 0. The van der Waals surface area contributed by atoms with Gasteiger partial charge in [-0.15, -0.1) is 0 Å². The molecule has 0 aromatic rings. The lowest BCUT2D eigenvalue weighted by Gasteiger charge is -2.18. The molecule has 0 unspecified atom stereocenters. The van der Waals surface area contributed by atoms with Crippen molar-refractivity contribution >= 4 is 17.9 Å². The first kappa shape index (κ1) is 68.9. The zero-order chi connectivity index (χ0) is 51.4. The van der Waals surface area contributed by atoms with E-state index in [1.165, 1.54) is 250 Å². The van der Waals surface area contributed by atoms with E-state index in [2.05, 4.69) is 45.1 Å². The van der Waals surface area contributed by atoms with E-state index in [1.54, 1.807) is 0 Å². The fourth-order valence-electron chi connectivity index (χ4n) is 9.65. The van der Waals surface area contributed by atoms with E-state index in [1.807, 2.05) is 0 Å². The molecule has 0 aromatic carbocycles. The van der Waals surface area contributed by atoms with Crippen molar-refractivity contribution in [2.75, 3.05) is 13.2 Å². The minimum atomic E-state index is -0.769. The Balaban J connectivity index is 4.31. The lowest BCUT2D eigenvalue weighted by Crippen LogP contribution is -2.30. The molecular formula is C65H122O6. The molecule has 418 valence electrons. The van der Waals surface area contributed by atoms with Gasteiger partial charge in [0.1, 0.15) is 13.2 Å². The van der Waals surface area contributed by atoms with Gasteiger partial charge in [-0.05, 0) is 51.4 Å². The fraction of sp³-hybridized carbons (Fsp3) is 0.892. The molecule has 0 rings (SSSR count). The standard InChI is InChI=1S/C65H122O6/c1-4-7-10-13-16-19-22-25-28-30-32-34-37-40-43-46-49-52-55-58-64(67)70-61-62(60-69-63(66)57-54-51-48-45-42-39-36-27-24-21-18-15-12-9-6-3)71-65(68)59-56-53-50-47-44-41-38-35-33-31-29-26-23-20-17-14-11-8-5-2/h17,20,26,29,62H,4-16,18-19,21-25,27-28,30-61H2,1-3H3/b20-17-,29-26-/t62-/m0/s1. The van der Waals surface area contributed by atoms with Crippen LogP contribution in [0.2, 0.25) is 0 Å². The predicted octanol–water partition coefficient (Wildman–Crippen LogP) is 21.4. The summed E-state index contributed by atoms with van der Waals surface area (Å²) in [7, 11) is 0. The Hall–Kier alpha value is -2.11. The van der Waals surface area contributed by atoms with E-state index in [-0.39, 0.29) is 31.1 Å². The van der Waals surface area contributed by atoms with Crippen LogP contribution in [0, 0.1) is 0 Å². The number of allylic oxidation sites excluding steroid dienone is 4. The van der Waals surface area contributed by atoms with Gasteiger partial charge in [-0.3, -0.25) is 14.4 Å². The van der Waals surface area contributed by atoms with E-state index >= 15 is 0 Å². The Morgan fingerprint density at radius 1 is 0.282 bits per heavy atom. The molecule has 0 aliphatic heterocycles. The largest absolute Gasteiger partial charge is 0.462 e. The van der Waals surface area contributed by atoms with Gasteiger partial charge in [-0.2, -0.15) is 0 Å². The SMILES string of the molecule is CCCCC/C=C\C/C=C\CCCCCCCCCCCC(=O)O[C@@H](COC(=O)CCCCCCCCCCCCCCCCC)COC(=O)CCCCCCCCCCCCCCCCCCCCC. The summed E-state index contributed by atoms with van der Waals surface area (Å²) in [6.07, 6.45) is 71.7. The van der Waals surface area contributed by atoms with Gasteiger partial charge in [-0.1, -0.05) is 308 Å². The molecule has 0 aromatic heterocycles. The number of hydrogen-bond donors (Lipinski definition) is 0. The highest BCUT2D eigenvalue weighted by atomic mass is 16.6. The molecule has 1 atom stereocenters. The number of esters is 3. The third-order valence-corrected chi connectivity index (χ3v) is 14.5. The average Bonchev–Trinajstić information content (AvgIpc) is 3.37. The first-order valence-electron chi connectivity index (χ1n) is 31.8. The van der Waals surface area contributed by atoms with E-state index in [9.17, 15) is 14.4 Å². The Morgan fingerprint density at radius 3 is 0.803 bits per heavy atom. The van der Waals surface area contributed by atoms with Gasteiger partial charge < -0.3 is 14.2 Å². The van der Waals surface area contributed by atoms with Gasteiger partial charge in [0.15, 0.2) is 6.10 Å². The molecule has 0 radical (unpaired) electrons. The van der Waals surface area contributed by atoms with Gasteiger partial charge >= 0.3 is 17.9 Å². The zero-order valence-electron chi connectivity index (χ0n) is 48.0. The van der Waals surface area contributed by atoms with Crippen LogP contribution < -0.4 is 0 Å². The fourth-order valence-corrected chi connectivity index (χ4v) is 9.65. The molecule has 0 spiro atoms. The van der Waals surface area contributed by atoms with Crippen LogP contribution in [-0.4, -0.2) is 37.2 Å². The second-order valence-corrected chi connectivity index (χ2v) is 21.7. The molecule has 0 aliphatic carbocycles. The summed E-state index contributed by atoms with van der Waals surface area (Å²) in [5.74, 6) is -0.842. The van der Waals surface area contributed by atoms with E-state index < -0.39 is 6.10 Å². The molecule has 0 amide bonds. The molecule has 0 fully saturated rings. The lowest BCUT2D eigenvalue weighted by molar-refractivity contribution is -0.167. The third-order valence-electron chi connectivity index (χ3n) is 14.5. The molecule has 0 bridgehead atoms. The van der Waals surface area contributed by atoms with Crippen LogP contribution in [0.15, 0.2) is 24.3 Å². The Kier molecular flexibility index (Phi) is 58.6. The minimum Gasteiger partial charge on any atom is -0.462 e. The van der Waals surface area contributed by atoms with Crippen molar-refractivity contribution in [3.63, 3.8) is 0 Å². The molecule has 0 saturated carbocycles. The van der Waals surface area contributed by atoms with Gasteiger partial charge in [0, 0.05) is 19.3 Å². The minimum absolute atomic E-state index is 0.0667. The molecule has 0 heterocycles. The summed E-state index contributed by atoms with van der Waals surface area (Å²) in [6.45, 7) is 6.68. The van der Waals surface area contributed by atoms with Crippen molar-refractivity contribution in [3.8, 4) is 0 Å². The quantitative estimate of drug-likeness (QED) is 0.0261. The number of carbonyl (C=O) groups is 3. The monoisotopic (exact) mass is 999 g/mol. The number of hydrogen-bond acceptors (Lipinski definition) is 6. The molecular weight excluding hydrogens is 877 g/mol. The van der Waals surface area contributed by atoms with Crippen molar-refractivity contribution in [2.45, 2.75) is 361 Å². The summed E-state index contributed by atoms with van der Waals surface area (Å²) < 4.78 is 17.0. The van der Waals surface area contributed by atoms with Crippen LogP contribution in [0.25, 0.3) is 0 Å². The van der Waals surface area contributed by atoms with Crippen LogP contribution in [-0.2, 0) is 28.6 Å². The molecule has 71 heavy (non-hydrogen) atoms. The van der Waals surface area contributed by atoms with Crippen LogP contribution in [0.4, 0.5) is 0 Å². The highest BCUT2D eigenvalue weighted by Gasteiger charge is 2.19. The maximum Gasteiger partial charge on any atom is 0.306 e. The number of carbonyl (C=O) groups excluding carboxylic acids is 3. The Bertz CT molecular complexity index is 1150. The second-order valence-electron chi connectivity index (χ2n) is 21.7. The Morgan fingerprint density at radius 2 is 0.507 bits per heavy atom. The smallest absolute Gasteiger partial charge is 0.306 e. The van der Waals surface area contributed by atoms with Crippen molar-refractivity contribution < 1.29 is 28.6 Å². The van der Waals surface area contributed by atoms with Crippen molar-refractivity contribution in [3.05, 3.63) is 24.3 Å². The number of ether oxygens (including phenoxy) is 3. The second kappa shape index (κ2) is 60.4. The molecule has 0 N–H and O–H groups in total. The van der Waals surface area contributed by atoms with E-state index in [0.29, 0.717) is 19.3 Å². The topological polar surface area (TPSA) is 78.9 Å². The number of unbranched alkanes of at least 4 members (excludes halogenated alkanes) is 44. The maximum absolute atomic E-state index is 12.9. The summed E-state index contributed by atoms with van der Waals surface area (Å²) in [5, 5.41) is 0. The van der Waals surface area contributed by atoms with Gasteiger partial charge in [0.2, 0.25) is 0 Å². The number of rotatable bonds is 59. The highest BCUT2D eigenvalue weighted by Crippen LogP contribution is 2.18. The van der Waals surface area contributed by atoms with Crippen molar-refractivity contribution in [1.29, 1.82) is 0 Å². The summed E-state index contributed by atoms with van der Waals surface area (Å²) in [6, 6.07) is 0. The molecule has 6 heteroatoms. The van der Waals surface area contributed by atoms with Gasteiger partial charge in [-0.25, -0.2) is 0 Å².